The van der Waals surface area contributed by atoms with E-state index in [4.69, 9.17) is 5.73 Å². The smallest absolute Gasteiger partial charge is 0.315 e. The number of nitrogens with one attached hydrogen (secondary N) is 3. The second-order valence-corrected chi connectivity index (χ2v) is 16.8. The lowest BCUT2D eigenvalue weighted by Crippen LogP contribution is -2.62. The van der Waals surface area contributed by atoms with Crippen molar-refractivity contribution in [3.05, 3.63) is 0 Å². The molecule has 14 nitrogen and oxygen atoms in total. The standard InChI is InChI=1S/C30H53N7O7S/c1-10-12-19(23(38)25(31)39)32-26(40)22-21-18(30(21,7)8)15-37(22)27(41)24(29(4,5)6)34-28(42)33-20(17(2)3)16-36-14-11-13-35(9)45(36,43)44/h17-22,24H,10-16H2,1-9H3,(H2,31,39)(H,32,40)(H2,33,34,42)/t18-,19?,20+,21-,22-,24+/m0/s1. The summed E-state index contributed by atoms with van der Waals surface area (Å²) >= 11 is 0. The lowest BCUT2D eigenvalue weighted by Gasteiger charge is -2.38. The van der Waals surface area contributed by atoms with E-state index in [1.54, 1.807) is 0 Å². The van der Waals surface area contributed by atoms with Gasteiger partial charge in [-0.15, -0.1) is 0 Å². The summed E-state index contributed by atoms with van der Waals surface area (Å²) in [7, 11) is -2.11. The first kappa shape index (κ1) is 36.7. The van der Waals surface area contributed by atoms with E-state index >= 15 is 0 Å². The average Bonchev–Trinajstić information content (AvgIpc) is 3.24. The molecule has 1 unspecified atom stereocenters. The van der Waals surface area contributed by atoms with Gasteiger partial charge >= 0.3 is 6.03 Å². The Kier molecular flexibility index (Phi) is 11.0. The largest absolute Gasteiger partial charge is 0.363 e. The average molecular weight is 656 g/mol. The van der Waals surface area contributed by atoms with Crippen molar-refractivity contribution in [2.45, 2.75) is 98.8 Å². The number of fused-ring (bicyclic) bond motifs is 1. The maximum Gasteiger partial charge on any atom is 0.315 e. The number of carbonyl (C=O) groups excluding carboxylic acids is 5. The SMILES string of the molecule is CCCC(NC(=O)[C@@H]1[C@@H]2[C@H](CN1C(=O)[C@@H](NC(=O)N[C@H](CN1CCCN(C)S1(=O)=O)C(C)C)C(C)(C)C)C2(C)C)C(=O)C(N)=O. The van der Waals surface area contributed by atoms with Crippen LogP contribution < -0.4 is 21.7 Å². The molecule has 3 fully saturated rings. The van der Waals surface area contributed by atoms with Gasteiger partial charge in [-0.3, -0.25) is 19.2 Å². The molecule has 1 aliphatic carbocycles. The number of hydrogen-bond acceptors (Lipinski definition) is 7. The minimum Gasteiger partial charge on any atom is -0.363 e. The summed E-state index contributed by atoms with van der Waals surface area (Å²) in [5, 5.41) is 8.40. The van der Waals surface area contributed by atoms with Gasteiger partial charge < -0.3 is 26.6 Å². The van der Waals surface area contributed by atoms with Gasteiger partial charge in [0.25, 0.3) is 16.1 Å². The number of nitrogens with zero attached hydrogens (tertiary/aromatic N) is 3. The van der Waals surface area contributed by atoms with Crippen molar-refractivity contribution >= 4 is 39.7 Å². The number of carbonyl (C=O) groups is 5. The number of nitrogens with two attached hydrogens (primary N) is 1. The van der Waals surface area contributed by atoms with Gasteiger partial charge in [-0.2, -0.15) is 17.0 Å². The fraction of sp³-hybridized carbons (Fsp3) is 0.833. The van der Waals surface area contributed by atoms with Crippen LogP contribution in [0.2, 0.25) is 0 Å². The maximum absolute atomic E-state index is 14.2. The van der Waals surface area contributed by atoms with Gasteiger partial charge in [-0.25, -0.2) is 4.79 Å². The molecule has 0 aromatic heterocycles. The molecule has 0 spiro atoms. The first-order valence-corrected chi connectivity index (χ1v) is 17.3. The first-order chi connectivity index (χ1) is 20.7. The molecule has 0 aromatic carbocycles. The number of primary amides is 1. The molecule has 6 atom stereocenters. The summed E-state index contributed by atoms with van der Waals surface area (Å²) in [5.74, 6) is -3.20. The third kappa shape index (κ3) is 7.79. The number of rotatable bonds is 12. The normalized spacial score (nSPS) is 26.4. The van der Waals surface area contributed by atoms with E-state index in [0.29, 0.717) is 32.5 Å². The van der Waals surface area contributed by atoms with Crippen molar-refractivity contribution in [3.8, 4) is 0 Å². The van der Waals surface area contributed by atoms with Crippen LogP contribution in [-0.4, -0.2) is 109 Å². The van der Waals surface area contributed by atoms with Crippen molar-refractivity contribution in [2.24, 2.45) is 34.3 Å². The summed E-state index contributed by atoms with van der Waals surface area (Å²) in [6.07, 6.45) is 1.42. The van der Waals surface area contributed by atoms with Gasteiger partial charge in [0, 0.05) is 39.3 Å². The highest BCUT2D eigenvalue weighted by atomic mass is 32.2. The van der Waals surface area contributed by atoms with E-state index in [0.717, 1.165) is 0 Å². The van der Waals surface area contributed by atoms with Gasteiger partial charge in [0.2, 0.25) is 17.6 Å². The van der Waals surface area contributed by atoms with Crippen LogP contribution in [0.25, 0.3) is 0 Å². The number of likely N-dealkylation sites (tertiary alicyclic amines) is 1. The molecule has 45 heavy (non-hydrogen) atoms. The quantitative estimate of drug-likeness (QED) is 0.219. The maximum atomic E-state index is 14.2. The fourth-order valence-corrected chi connectivity index (χ4v) is 8.14. The molecule has 0 aromatic rings. The number of Topliss-reactive ketones (excluding diaryl/α,β-unsaturated/α-hetero) is 1. The minimum absolute atomic E-state index is 0.0538. The highest BCUT2D eigenvalue weighted by molar-refractivity contribution is 7.86. The van der Waals surface area contributed by atoms with Crippen LogP contribution in [0.5, 0.6) is 0 Å². The van der Waals surface area contributed by atoms with Crippen LogP contribution in [0.3, 0.4) is 0 Å². The molecule has 3 aliphatic rings. The zero-order valence-corrected chi connectivity index (χ0v) is 29.0. The Morgan fingerprint density at radius 1 is 1.02 bits per heavy atom. The Hall–Kier alpha value is -2.78. The Morgan fingerprint density at radius 3 is 2.18 bits per heavy atom. The topological polar surface area (TPSA) is 191 Å². The Labute approximate surface area is 267 Å². The molecule has 2 saturated heterocycles. The van der Waals surface area contributed by atoms with Gasteiger partial charge in [0.15, 0.2) is 0 Å². The molecule has 5 N–H and O–H groups in total. The molecule has 5 amide bonds. The highest BCUT2D eigenvalue weighted by Gasteiger charge is 2.70. The summed E-state index contributed by atoms with van der Waals surface area (Å²) in [4.78, 5) is 66.9. The van der Waals surface area contributed by atoms with E-state index < -0.39 is 69.3 Å². The molecule has 1 saturated carbocycles. The molecule has 3 rings (SSSR count). The molecular formula is C30H53N7O7S. The van der Waals surface area contributed by atoms with Crippen LogP contribution in [0, 0.1) is 28.6 Å². The van der Waals surface area contributed by atoms with Crippen molar-refractivity contribution in [1.29, 1.82) is 0 Å². The molecule has 2 aliphatic heterocycles. The fourth-order valence-electron chi connectivity index (χ4n) is 6.68. The van der Waals surface area contributed by atoms with Gasteiger partial charge in [0.05, 0.1) is 6.04 Å². The van der Waals surface area contributed by atoms with E-state index in [-0.39, 0.29) is 36.1 Å². The minimum atomic E-state index is -3.64. The summed E-state index contributed by atoms with van der Waals surface area (Å²) < 4.78 is 28.3. The molecule has 256 valence electrons. The van der Waals surface area contributed by atoms with Crippen LogP contribution in [0.15, 0.2) is 0 Å². The zero-order valence-electron chi connectivity index (χ0n) is 28.2. The van der Waals surface area contributed by atoms with Crippen molar-refractivity contribution in [1.82, 2.24) is 29.5 Å². The predicted molar refractivity (Wildman–Crippen MR) is 169 cm³/mol. The van der Waals surface area contributed by atoms with Crippen molar-refractivity contribution in [2.75, 3.05) is 33.2 Å². The lowest BCUT2D eigenvalue weighted by atomic mass is 9.85. The number of piperidine rings is 1. The van der Waals surface area contributed by atoms with E-state index in [1.807, 2.05) is 55.4 Å². The third-order valence-corrected chi connectivity index (χ3v) is 11.7. The van der Waals surface area contributed by atoms with Gasteiger partial charge in [0.1, 0.15) is 12.1 Å². The molecular weight excluding hydrogens is 602 g/mol. The third-order valence-electron chi connectivity index (χ3n) is 9.72. The number of ketones is 1. The molecule has 0 radical (unpaired) electrons. The molecule has 0 bridgehead atoms. The number of urea groups is 1. The van der Waals surface area contributed by atoms with Crippen LogP contribution in [0.4, 0.5) is 4.79 Å². The van der Waals surface area contributed by atoms with Gasteiger partial charge in [-0.1, -0.05) is 61.8 Å². The van der Waals surface area contributed by atoms with Crippen molar-refractivity contribution in [3.63, 3.8) is 0 Å². The summed E-state index contributed by atoms with van der Waals surface area (Å²) in [5.41, 5.74) is 4.26. The summed E-state index contributed by atoms with van der Waals surface area (Å²) in [6, 6.07) is -4.15. The van der Waals surface area contributed by atoms with E-state index in [2.05, 4.69) is 16.0 Å². The Morgan fingerprint density at radius 2 is 1.64 bits per heavy atom. The lowest BCUT2D eigenvalue weighted by molar-refractivity contribution is -0.145. The van der Waals surface area contributed by atoms with Gasteiger partial charge in [-0.05, 0) is 41.4 Å². The van der Waals surface area contributed by atoms with Crippen LogP contribution in [0.1, 0.15) is 74.7 Å². The second-order valence-electron chi connectivity index (χ2n) is 14.8. The Bertz CT molecular complexity index is 1280. The van der Waals surface area contributed by atoms with Crippen LogP contribution in [-0.2, 0) is 29.4 Å². The predicted octanol–water partition coefficient (Wildman–Crippen LogP) is 0.430. The number of amides is 5. The van der Waals surface area contributed by atoms with Crippen molar-refractivity contribution < 1.29 is 32.4 Å². The monoisotopic (exact) mass is 655 g/mol. The summed E-state index contributed by atoms with van der Waals surface area (Å²) in [6.45, 7) is 16.2. The van der Waals surface area contributed by atoms with Crippen LogP contribution >= 0.6 is 0 Å². The van der Waals surface area contributed by atoms with E-state index in [1.165, 1.54) is 20.6 Å². The highest BCUT2D eigenvalue weighted by Crippen LogP contribution is 2.65. The van der Waals surface area contributed by atoms with E-state index in [9.17, 15) is 32.4 Å². The number of hydrogen-bond donors (Lipinski definition) is 4. The molecule has 15 heteroatoms. The Balaban J connectivity index is 1.80. The second kappa shape index (κ2) is 13.5. The zero-order chi connectivity index (χ0) is 34.2. The first-order valence-electron chi connectivity index (χ1n) is 15.9. The molecule has 2 heterocycles.